The monoisotopic (exact) mass is 352 g/mol. The van der Waals surface area contributed by atoms with Crippen LogP contribution in [0.4, 0.5) is 5.82 Å². The number of pyridine rings is 1. The van der Waals surface area contributed by atoms with Crippen LogP contribution in [0.2, 0.25) is 0 Å². The van der Waals surface area contributed by atoms with Crippen molar-refractivity contribution in [1.82, 2.24) is 4.98 Å². The number of hydrogen-bond acceptors (Lipinski definition) is 5. The van der Waals surface area contributed by atoms with Gasteiger partial charge in [-0.15, -0.1) is 0 Å². The topological polar surface area (TPSA) is 74.4 Å². The number of aromatic nitrogens is 1. The Morgan fingerprint density at radius 3 is 2.35 bits per heavy atom. The lowest BCUT2D eigenvalue weighted by Crippen LogP contribution is -2.54. The zero-order chi connectivity index (χ0) is 18.2. The van der Waals surface area contributed by atoms with E-state index in [9.17, 15) is 4.79 Å². The van der Waals surface area contributed by atoms with E-state index in [-0.39, 0.29) is 17.0 Å². The number of carbonyl (C=O) groups is 1. The van der Waals surface area contributed by atoms with Crippen LogP contribution in [0.5, 0.6) is 0 Å². The summed E-state index contributed by atoms with van der Waals surface area (Å²) >= 11 is 0. The highest BCUT2D eigenvalue weighted by atomic mass is 16.5. The number of nitrogen functional groups attached to an aromatic ring is 1. The molecule has 2 aliphatic heterocycles. The highest BCUT2D eigenvalue weighted by Gasteiger charge is 2.51. The van der Waals surface area contributed by atoms with Crippen molar-refractivity contribution in [2.24, 2.45) is 0 Å². The molecular formula is C21H24N2O3. The Bertz CT molecular complexity index is 774. The third-order valence-corrected chi connectivity index (χ3v) is 6.08. The normalized spacial score (nSPS) is 27.3. The average molecular weight is 352 g/mol. The number of anilines is 1. The van der Waals surface area contributed by atoms with Gasteiger partial charge in [0.2, 0.25) is 0 Å². The summed E-state index contributed by atoms with van der Waals surface area (Å²) in [5, 5.41) is 0. The van der Waals surface area contributed by atoms with Crippen LogP contribution in [0, 0.1) is 0 Å². The van der Waals surface area contributed by atoms with Gasteiger partial charge in [-0.1, -0.05) is 24.3 Å². The SMILES string of the molecule is COC(=O)CC12CCC(c3ccc(-c4ccc(N)nc4)cc3)(CC1)CO2. The molecular weight excluding hydrogens is 328 g/mol. The molecule has 0 spiro atoms. The van der Waals surface area contributed by atoms with E-state index in [1.165, 1.54) is 12.7 Å². The second kappa shape index (κ2) is 6.40. The van der Waals surface area contributed by atoms with E-state index >= 15 is 0 Å². The second-order valence-electron chi connectivity index (χ2n) is 7.55. The first-order chi connectivity index (χ1) is 12.5. The smallest absolute Gasteiger partial charge is 0.308 e. The maximum atomic E-state index is 11.7. The summed E-state index contributed by atoms with van der Waals surface area (Å²) in [4.78, 5) is 15.9. The average Bonchev–Trinajstić information content (AvgIpc) is 2.70. The third-order valence-electron chi connectivity index (χ3n) is 6.08. The molecule has 0 atom stereocenters. The van der Waals surface area contributed by atoms with Crippen molar-refractivity contribution in [1.29, 1.82) is 0 Å². The highest BCUT2D eigenvalue weighted by molar-refractivity contribution is 5.70. The fourth-order valence-corrected chi connectivity index (χ4v) is 4.29. The van der Waals surface area contributed by atoms with Gasteiger partial charge in [0.1, 0.15) is 5.82 Å². The van der Waals surface area contributed by atoms with Crippen LogP contribution in [-0.4, -0.2) is 30.3 Å². The van der Waals surface area contributed by atoms with E-state index in [1.54, 1.807) is 6.20 Å². The van der Waals surface area contributed by atoms with Crippen molar-refractivity contribution in [3.05, 3.63) is 48.2 Å². The maximum Gasteiger partial charge on any atom is 0.308 e. The molecule has 5 heteroatoms. The Kier molecular flexibility index (Phi) is 4.19. The molecule has 0 radical (unpaired) electrons. The lowest BCUT2D eigenvalue weighted by Gasteiger charge is -2.53. The molecule has 2 saturated heterocycles. The molecule has 3 aliphatic rings. The number of carbonyl (C=O) groups excluding carboxylic acids is 1. The Labute approximate surface area is 153 Å². The number of nitrogens with zero attached hydrogens (tertiary/aromatic N) is 1. The minimum Gasteiger partial charge on any atom is -0.469 e. The fraction of sp³-hybridized carbons (Fsp3) is 0.429. The van der Waals surface area contributed by atoms with Gasteiger partial charge in [0.05, 0.1) is 25.7 Å². The quantitative estimate of drug-likeness (QED) is 0.853. The van der Waals surface area contributed by atoms with Gasteiger partial charge in [0.15, 0.2) is 0 Å². The first-order valence-electron chi connectivity index (χ1n) is 9.08. The summed E-state index contributed by atoms with van der Waals surface area (Å²) in [6.07, 6.45) is 6.08. The molecule has 3 fully saturated rings. The zero-order valence-corrected chi connectivity index (χ0v) is 15.0. The third kappa shape index (κ3) is 2.97. The molecule has 2 aromatic rings. The Morgan fingerprint density at radius 2 is 1.81 bits per heavy atom. The summed E-state index contributed by atoms with van der Waals surface area (Å²) in [6, 6.07) is 12.5. The summed E-state index contributed by atoms with van der Waals surface area (Å²) < 4.78 is 11.0. The Morgan fingerprint density at radius 1 is 1.12 bits per heavy atom. The molecule has 1 saturated carbocycles. The summed E-state index contributed by atoms with van der Waals surface area (Å²) in [7, 11) is 1.44. The molecule has 1 aromatic heterocycles. The first-order valence-corrected chi connectivity index (χ1v) is 9.08. The number of rotatable bonds is 4. The molecule has 0 amide bonds. The Hall–Kier alpha value is -2.40. The maximum absolute atomic E-state index is 11.7. The molecule has 26 heavy (non-hydrogen) atoms. The van der Waals surface area contributed by atoms with Crippen molar-refractivity contribution in [3.8, 4) is 11.1 Å². The molecule has 1 aliphatic carbocycles. The van der Waals surface area contributed by atoms with Crippen molar-refractivity contribution < 1.29 is 14.3 Å². The van der Waals surface area contributed by atoms with Crippen molar-refractivity contribution in [2.45, 2.75) is 43.1 Å². The summed E-state index contributed by atoms with van der Waals surface area (Å²) in [5.74, 6) is 0.349. The van der Waals surface area contributed by atoms with E-state index < -0.39 is 0 Å². The number of nitrogens with two attached hydrogens (primary N) is 1. The van der Waals surface area contributed by atoms with E-state index in [0.29, 0.717) is 18.8 Å². The van der Waals surface area contributed by atoms with Crippen molar-refractivity contribution in [2.75, 3.05) is 19.5 Å². The number of esters is 1. The van der Waals surface area contributed by atoms with Crippen LogP contribution < -0.4 is 5.73 Å². The van der Waals surface area contributed by atoms with Crippen LogP contribution in [0.15, 0.2) is 42.6 Å². The van der Waals surface area contributed by atoms with Crippen molar-refractivity contribution in [3.63, 3.8) is 0 Å². The molecule has 1 aromatic carbocycles. The summed E-state index contributed by atoms with van der Waals surface area (Å²) in [5.41, 5.74) is 8.92. The van der Waals surface area contributed by atoms with Crippen LogP contribution in [0.25, 0.3) is 11.1 Å². The van der Waals surface area contributed by atoms with E-state index in [4.69, 9.17) is 15.2 Å². The molecule has 5 nitrogen and oxygen atoms in total. The number of fused-ring (bicyclic) bond motifs is 3. The lowest BCUT2D eigenvalue weighted by atomic mass is 9.62. The van der Waals surface area contributed by atoms with Gasteiger partial charge in [-0.05, 0) is 48.9 Å². The van der Waals surface area contributed by atoms with E-state index in [1.807, 2.05) is 12.1 Å². The standard InChI is InChI=1S/C21H24N2O3/c1-25-19(24)12-21-10-8-20(9-11-21,14-26-21)17-5-2-15(3-6-17)16-4-7-18(22)23-13-16/h2-7,13H,8-12,14H2,1H3,(H2,22,23). The van der Waals surface area contributed by atoms with Gasteiger partial charge in [0, 0.05) is 17.2 Å². The van der Waals surface area contributed by atoms with E-state index in [0.717, 1.165) is 36.8 Å². The minimum absolute atomic E-state index is 0.0652. The molecule has 3 heterocycles. The molecule has 0 unspecified atom stereocenters. The van der Waals surface area contributed by atoms with Gasteiger partial charge < -0.3 is 15.2 Å². The number of benzene rings is 1. The predicted octanol–water partition coefficient (Wildman–Crippen LogP) is 3.47. The van der Waals surface area contributed by atoms with Crippen LogP contribution in [0.3, 0.4) is 0 Å². The highest BCUT2D eigenvalue weighted by Crippen LogP contribution is 2.51. The second-order valence-corrected chi connectivity index (χ2v) is 7.55. The Balaban J connectivity index is 1.51. The minimum atomic E-state index is -0.315. The largest absolute Gasteiger partial charge is 0.469 e. The fourth-order valence-electron chi connectivity index (χ4n) is 4.29. The molecule has 136 valence electrons. The van der Waals surface area contributed by atoms with Gasteiger partial charge in [0.25, 0.3) is 0 Å². The van der Waals surface area contributed by atoms with Crippen molar-refractivity contribution >= 4 is 11.8 Å². The number of hydrogen-bond donors (Lipinski definition) is 1. The van der Waals surface area contributed by atoms with Gasteiger partial charge in [-0.3, -0.25) is 4.79 Å². The van der Waals surface area contributed by atoms with Gasteiger partial charge >= 0.3 is 5.97 Å². The lowest BCUT2D eigenvalue weighted by molar-refractivity contribution is -0.176. The molecule has 5 rings (SSSR count). The van der Waals surface area contributed by atoms with Crippen LogP contribution in [-0.2, 0) is 19.7 Å². The predicted molar refractivity (Wildman–Crippen MR) is 99.5 cm³/mol. The number of methoxy groups -OCH3 is 1. The molecule has 2 N–H and O–H groups in total. The first kappa shape index (κ1) is 17.0. The summed E-state index contributed by atoms with van der Waals surface area (Å²) in [6.45, 7) is 0.673. The van der Waals surface area contributed by atoms with Crippen LogP contribution in [0.1, 0.15) is 37.7 Å². The zero-order valence-electron chi connectivity index (χ0n) is 15.0. The van der Waals surface area contributed by atoms with Crippen LogP contribution >= 0.6 is 0 Å². The number of ether oxygens (including phenoxy) is 2. The molecule has 2 bridgehead atoms. The van der Waals surface area contributed by atoms with E-state index in [2.05, 4.69) is 29.2 Å². The van der Waals surface area contributed by atoms with Gasteiger partial charge in [-0.2, -0.15) is 0 Å². The van der Waals surface area contributed by atoms with Gasteiger partial charge in [-0.25, -0.2) is 4.98 Å².